The van der Waals surface area contributed by atoms with Crippen LogP contribution in [0.5, 0.6) is 0 Å². The molecular weight excluding hydrogens is 494 g/mol. The molecule has 0 N–H and O–H groups in total. The minimum atomic E-state index is -2.20. The molecule has 0 radical (unpaired) electrons. The number of nitrogens with zero attached hydrogens (tertiary/aromatic N) is 2. The van der Waals surface area contributed by atoms with Crippen LogP contribution in [-0.4, -0.2) is 63.2 Å². The predicted octanol–water partition coefficient (Wildman–Crippen LogP) is 7.33. The third-order valence-corrected chi connectivity index (χ3v) is 23.8. The van der Waals surface area contributed by atoms with Gasteiger partial charge in [0.05, 0.1) is 0 Å². The predicted molar refractivity (Wildman–Crippen MR) is 148 cm³/mol. The molecular formula is C28H51BN2Sn. The fourth-order valence-corrected chi connectivity index (χ4v) is 23.4. The molecule has 0 saturated carbocycles. The molecule has 2 rings (SSSR count). The van der Waals surface area contributed by atoms with Crippen molar-refractivity contribution >= 4 is 25.4 Å². The Morgan fingerprint density at radius 1 is 0.844 bits per heavy atom. The van der Waals surface area contributed by atoms with Crippen LogP contribution in [0.25, 0.3) is 0 Å². The number of fused-ring (bicyclic) bond motifs is 1. The van der Waals surface area contributed by atoms with Gasteiger partial charge in [-0.3, -0.25) is 0 Å². The van der Waals surface area contributed by atoms with E-state index in [0.29, 0.717) is 6.98 Å². The van der Waals surface area contributed by atoms with Crippen molar-refractivity contribution in [3.05, 3.63) is 46.9 Å². The van der Waals surface area contributed by atoms with Crippen LogP contribution in [0.3, 0.4) is 0 Å². The van der Waals surface area contributed by atoms with Crippen LogP contribution >= 0.6 is 0 Å². The molecule has 2 nitrogen and oxygen atoms in total. The summed E-state index contributed by atoms with van der Waals surface area (Å²) in [5, 5.41) is 0. The minimum absolute atomic E-state index is 0.379. The van der Waals surface area contributed by atoms with E-state index in [4.69, 9.17) is 0 Å². The molecule has 1 unspecified atom stereocenters. The number of hydrogen-bond donors (Lipinski definition) is 0. The normalized spacial score (nSPS) is 17.9. The Kier molecular flexibility index (Phi) is 12.4. The zero-order valence-electron chi connectivity index (χ0n) is 22.4. The van der Waals surface area contributed by atoms with E-state index in [1.807, 2.05) is 0 Å². The molecule has 0 bridgehead atoms. The summed E-state index contributed by atoms with van der Waals surface area (Å²) in [4.78, 5) is 4.73. The van der Waals surface area contributed by atoms with Crippen LogP contribution in [0.1, 0.15) is 70.4 Å². The average molecular weight is 545 g/mol. The maximum atomic E-state index is 2.64. The summed E-state index contributed by atoms with van der Waals surface area (Å²) < 4.78 is 6.46. The molecule has 0 aromatic heterocycles. The zero-order valence-corrected chi connectivity index (χ0v) is 25.3. The van der Waals surface area contributed by atoms with Gasteiger partial charge in [0.15, 0.2) is 0 Å². The monoisotopic (exact) mass is 546 g/mol. The Balaban J connectivity index is 2.43. The molecule has 180 valence electrons. The first-order valence-corrected chi connectivity index (χ1v) is 21.5. The van der Waals surface area contributed by atoms with Crippen molar-refractivity contribution in [3.63, 3.8) is 0 Å². The SMILES string of the molecule is CCC[CH2][Sn]([CH2]CCC)([CH2]CCC)[CH2]C1Cc2ccccc2CC1=CB(N(C)C)N(C)C. The van der Waals surface area contributed by atoms with Crippen LogP contribution in [-0.2, 0) is 12.8 Å². The van der Waals surface area contributed by atoms with Gasteiger partial charge in [-0.25, -0.2) is 0 Å². The van der Waals surface area contributed by atoms with Crippen molar-refractivity contribution in [3.8, 4) is 0 Å². The van der Waals surface area contributed by atoms with Gasteiger partial charge in [-0.05, 0) is 0 Å². The van der Waals surface area contributed by atoms with Crippen LogP contribution in [0.4, 0.5) is 0 Å². The van der Waals surface area contributed by atoms with Gasteiger partial charge in [0, 0.05) is 0 Å². The summed E-state index contributed by atoms with van der Waals surface area (Å²) in [5.41, 5.74) is 4.94. The third-order valence-electron chi connectivity index (χ3n) is 7.79. The van der Waals surface area contributed by atoms with Crippen LogP contribution in [0.2, 0.25) is 17.7 Å². The van der Waals surface area contributed by atoms with Crippen molar-refractivity contribution in [1.82, 2.24) is 9.62 Å². The molecule has 1 aliphatic carbocycles. The fourth-order valence-electron chi connectivity index (χ4n) is 5.90. The van der Waals surface area contributed by atoms with Crippen molar-refractivity contribution in [2.45, 2.75) is 89.9 Å². The first kappa shape index (κ1) is 28.0. The van der Waals surface area contributed by atoms with E-state index in [0.717, 1.165) is 12.3 Å². The quantitative estimate of drug-likeness (QED) is 0.226. The number of hydrogen-bond acceptors (Lipinski definition) is 2. The molecule has 0 amide bonds. The van der Waals surface area contributed by atoms with Gasteiger partial charge in [0.25, 0.3) is 0 Å². The number of benzene rings is 1. The zero-order chi connectivity index (χ0) is 23.6. The van der Waals surface area contributed by atoms with Gasteiger partial charge in [0.1, 0.15) is 0 Å². The van der Waals surface area contributed by atoms with Gasteiger partial charge in [-0.1, -0.05) is 0 Å². The Morgan fingerprint density at radius 3 is 1.81 bits per heavy atom. The molecule has 1 aromatic carbocycles. The summed E-state index contributed by atoms with van der Waals surface area (Å²) in [6.07, 6.45) is 11.0. The second kappa shape index (κ2) is 14.2. The van der Waals surface area contributed by atoms with E-state index in [2.05, 4.69) is 88.8 Å². The van der Waals surface area contributed by atoms with Crippen LogP contribution in [0.15, 0.2) is 35.8 Å². The van der Waals surface area contributed by atoms with E-state index in [-0.39, 0.29) is 0 Å². The van der Waals surface area contributed by atoms with E-state index >= 15 is 0 Å². The second-order valence-corrected chi connectivity index (χ2v) is 25.0. The molecule has 4 heteroatoms. The van der Waals surface area contributed by atoms with Crippen LogP contribution in [0, 0.1) is 5.92 Å². The first-order valence-electron chi connectivity index (χ1n) is 13.5. The van der Waals surface area contributed by atoms with Gasteiger partial charge in [0.2, 0.25) is 0 Å². The Morgan fingerprint density at radius 2 is 1.34 bits per heavy atom. The molecule has 0 heterocycles. The van der Waals surface area contributed by atoms with Crippen LogP contribution < -0.4 is 0 Å². The van der Waals surface area contributed by atoms with Gasteiger partial charge in [-0.2, -0.15) is 0 Å². The van der Waals surface area contributed by atoms with Crippen molar-refractivity contribution in [2.75, 3.05) is 28.2 Å². The number of unbranched alkanes of at least 4 members (excludes halogenated alkanes) is 3. The van der Waals surface area contributed by atoms with Crippen molar-refractivity contribution in [1.29, 1.82) is 0 Å². The summed E-state index contributed by atoms with van der Waals surface area (Å²) in [6, 6.07) is 9.28. The standard InChI is InChI=1S/C16H24BN2.3C4H9.Sn/c1-13-10-14-8-6-7-9-15(14)11-16(13)12-17(18(2)3)19(4)5;3*1-3-4-2;/h6-9,12-13H,1,10-11H2,2-5H3;3*1,3-4H2,2H3;. The summed E-state index contributed by atoms with van der Waals surface area (Å²) in [7, 11) is 8.89. The topological polar surface area (TPSA) is 6.48 Å². The Bertz CT molecular complexity index is 671. The van der Waals surface area contributed by atoms with Gasteiger partial charge >= 0.3 is 206 Å². The molecule has 0 spiro atoms. The number of allylic oxidation sites excluding steroid dienone is 1. The van der Waals surface area contributed by atoms with E-state index in [1.54, 1.807) is 34.4 Å². The van der Waals surface area contributed by atoms with E-state index in [1.165, 1.54) is 44.9 Å². The summed E-state index contributed by atoms with van der Waals surface area (Å²) in [6.45, 7) is 7.58. The molecule has 0 saturated heterocycles. The molecule has 0 aliphatic heterocycles. The molecule has 1 aliphatic rings. The summed E-state index contributed by atoms with van der Waals surface area (Å²) >= 11 is -2.20. The maximum absolute atomic E-state index is 2.64. The first-order chi connectivity index (χ1) is 15.4. The molecule has 0 fully saturated rings. The summed E-state index contributed by atoms with van der Waals surface area (Å²) in [5.74, 6) is 3.41. The Hall–Kier alpha value is -0.256. The third kappa shape index (κ3) is 8.20. The molecule has 1 atom stereocenters. The fraction of sp³-hybridized carbons (Fsp3) is 0.714. The molecule has 1 aromatic rings. The van der Waals surface area contributed by atoms with Crippen molar-refractivity contribution in [2.24, 2.45) is 5.92 Å². The molecule has 32 heavy (non-hydrogen) atoms. The second-order valence-electron chi connectivity index (χ2n) is 10.9. The van der Waals surface area contributed by atoms with E-state index < -0.39 is 18.4 Å². The number of rotatable bonds is 14. The average Bonchev–Trinajstić information content (AvgIpc) is 2.77. The Labute approximate surface area is 205 Å². The van der Waals surface area contributed by atoms with E-state index in [9.17, 15) is 0 Å². The van der Waals surface area contributed by atoms with Gasteiger partial charge in [-0.15, -0.1) is 0 Å². The van der Waals surface area contributed by atoms with Gasteiger partial charge < -0.3 is 0 Å². The van der Waals surface area contributed by atoms with Crippen molar-refractivity contribution < 1.29 is 0 Å².